The van der Waals surface area contributed by atoms with E-state index in [-0.39, 0.29) is 0 Å². The second-order valence-corrected chi connectivity index (χ2v) is 9.81. The molecule has 0 radical (unpaired) electrons. The van der Waals surface area contributed by atoms with E-state index in [0.29, 0.717) is 0 Å². The molecule has 0 amide bonds. The molecular weight excluding hydrogens is 228 g/mol. The maximum atomic E-state index is 6.01. The lowest BCUT2D eigenvalue weighted by Gasteiger charge is -2.39. The van der Waals surface area contributed by atoms with Gasteiger partial charge in [-0.2, -0.15) is 0 Å². The maximum absolute atomic E-state index is 6.01. The van der Waals surface area contributed by atoms with Crippen LogP contribution in [0, 0.1) is 17.8 Å². The molecule has 2 fully saturated rings. The zero-order valence-electron chi connectivity index (χ0n) is 11.9. The molecule has 2 saturated carbocycles. The molecule has 0 N–H and O–H groups in total. The first kappa shape index (κ1) is 13.6. The molecule has 0 spiro atoms. The molecule has 0 aromatic heterocycles. The van der Waals surface area contributed by atoms with Gasteiger partial charge in [0.2, 0.25) is 0 Å². The summed E-state index contributed by atoms with van der Waals surface area (Å²) in [5, 5.41) is 0. The van der Waals surface area contributed by atoms with Crippen molar-refractivity contribution in [3.8, 4) is 0 Å². The second-order valence-electron chi connectivity index (χ2n) is 6.22. The van der Waals surface area contributed by atoms with Crippen LogP contribution in [-0.4, -0.2) is 22.8 Å². The van der Waals surface area contributed by atoms with E-state index in [1.807, 2.05) is 14.2 Å². The lowest BCUT2D eigenvalue weighted by Crippen LogP contribution is -2.48. The van der Waals surface area contributed by atoms with Gasteiger partial charge in [0.1, 0.15) is 0 Å². The number of rotatable bonds is 6. The van der Waals surface area contributed by atoms with Gasteiger partial charge in [-0.3, -0.25) is 0 Å². The highest BCUT2D eigenvalue weighted by atomic mass is 28.4. The van der Waals surface area contributed by atoms with Crippen LogP contribution in [0.1, 0.15) is 46.0 Å². The van der Waals surface area contributed by atoms with Crippen LogP contribution >= 0.6 is 0 Å². The van der Waals surface area contributed by atoms with Gasteiger partial charge >= 0.3 is 8.56 Å². The largest absolute Gasteiger partial charge is 0.397 e. The molecule has 2 bridgehead atoms. The third kappa shape index (κ3) is 2.47. The Morgan fingerprint density at radius 1 is 1.18 bits per heavy atom. The second kappa shape index (κ2) is 5.41. The van der Waals surface area contributed by atoms with Crippen LogP contribution in [-0.2, 0) is 8.85 Å². The first-order valence-electron chi connectivity index (χ1n) is 7.25. The van der Waals surface area contributed by atoms with E-state index < -0.39 is 8.56 Å². The standard InChI is InChI=1S/C14H28O2Si/c1-5-11(2)10-17(15-3,16-4)14-9-12-6-7-13(14)8-12/h11-14H,5-10H2,1-4H3. The third-order valence-corrected chi connectivity index (χ3v) is 9.81. The molecule has 100 valence electrons. The minimum absolute atomic E-state index is 0.737. The van der Waals surface area contributed by atoms with E-state index in [2.05, 4.69) is 13.8 Å². The smallest absolute Gasteiger partial charge is 0.341 e. The highest BCUT2D eigenvalue weighted by Gasteiger charge is 2.54. The molecule has 3 heteroatoms. The summed E-state index contributed by atoms with van der Waals surface area (Å²) in [5.41, 5.74) is 0.769. The summed E-state index contributed by atoms with van der Waals surface area (Å²) in [6, 6.07) is 1.18. The maximum Gasteiger partial charge on any atom is 0.341 e. The lowest BCUT2D eigenvalue weighted by atomic mass is 10.0. The van der Waals surface area contributed by atoms with E-state index in [0.717, 1.165) is 23.3 Å². The molecule has 2 rings (SSSR count). The Labute approximate surface area is 107 Å². The van der Waals surface area contributed by atoms with Crippen molar-refractivity contribution in [2.24, 2.45) is 17.8 Å². The van der Waals surface area contributed by atoms with Crippen LogP contribution in [0.25, 0.3) is 0 Å². The summed E-state index contributed by atoms with van der Waals surface area (Å²) >= 11 is 0. The summed E-state index contributed by atoms with van der Waals surface area (Å²) < 4.78 is 12.0. The summed E-state index contributed by atoms with van der Waals surface area (Å²) in [5.74, 6) is 2.63. The van der Waals surface area contributed by atoms with Crippen LogP contribution < -0.4 is 0 Å². The summed E-state index contributed by atoms with van der Waals surface area (Å²) in [6.07, 6.45) is 6.96. The van der Waals surface area contributed by atoms with Crippen LogP contribution in [0.15, 0.2) is 0 Å². The summed E-state index contributed by atoms with van der Waals surface area (Å²) in [7, 11) is 1.84. The van der Waals surface area contributed by atoms with Gasteiger partial charge in [-0.1, -0.05) is 33.1 Å². The Kier molecular flexibility index (Phi) is 4.32. The Morgan fingerprint density at radius 3 is 2.29 bits per heavy atom. The molecular formula is C14H28O2Si. The van der Waals surface area contributed by atoms with Crippen molar-refractivity contribution in [2.75, 3.05) is 14.2 Å². The molecule has 2 aliphatic rings. The van der Waals surface area contributed by atoms with E-state index in [9.17, 15) is 0 Å². The van der Waals surface area contributed by atoms with Crippen LogP contribution in [0.2, 0.25) is 11.6 Å². The molecule has 4 atom stereocenters. The SMILES string of the molecule is CCC(C)C[Si](OC)(OC)C1CC2CCC1C2. The molecule has 0 saturated heterocycles. The van der Waals surface area contributed by atoms with Gasteiger partial charge in [0, 0.05) is 19.8 Å². The normalized spacial score (nSPS) is 34.2. The predicted molar refractivity (Wildman–Crippen MR) is 73.2 cm³/mol. The fraction of sp³-hybridized carbons (Fsp3) is 1.00. The Morgan fingerprint density at radius 2 is 1.88 bits per heavy atom. The number of hydrogen-bond donors (Lipinski definition) is 0. The molecule has 0 aliphatic heterocycles. The molecule has 2 nitrogen and oxygen atoms in total. The van der Waals surface area contributed by atoms with Crippen molar-refractivity contribution in [2.45, 2.75) is 57.5 Å². The van der Waals surface area contributed by atoms with Crippen molar-refractivity contribution in [1.82, 2.24) is 0 Å². The van der Waals surface area contributed by atoms with Gasteiger partial charge in [-0.05, 0) is 36.6 Å². The number of fused-ring (bicyclic) bond motifs is 2. The topological polar surface area (TPSA) is 18.5 Å². The predicted octanol–water partition coefficient (Wildman–Crippen LogP) is 3.96. The van der Waals surface area contributed by atoms with Gasteiger partial charge in [0.05, 0.1) is 0 Å². The minimum Gasteiger partial charge on any atom is -0.397 e. The highest BCUT2D eigenvalue weighted by Crippen LogP contribution is 2.56. The van der Waals surface area contributed by atoms with E-state index in [1.54, 1.807) is 0 Å². The van der Waals surface area contributed by atoms with E-state index in [1.165, 1.54) is 38.1 Å². The first-order chi connectivity index (χ1) is 8.15. The molecule has 0 heterocycles. The zero-order chi connectivity index (χ0) is 12.5. The quantitative estimate of drug-likeness (QED) is 0.670. The fourth-order valence-electron chi connectivity index (χ4n) is 4.12. The summed E-state index contributed by atoms with van der Waals surface area (Å²) in [4.78, 5) is 0. The summed E-state index contributed by atoms with van der Waals surface area (Å²) in [6.45, 7) is 4.61. The van der Waals surface area contributed by atoms with Crippen LogP contribution in [0.5, 0.6) is 0 Å². The third-order valence-electron chi connectivity index (χ3n) is 5.32. The van der Waals surface area contributed by atoms with Crippen molar-refractivity contribution < 1.29 is 8.85 Å². The van der Waals surface area contributed by atoms with E-state index in [4.69, 9.17) is 8.85 Å². The van der Waals surface area contributed by atoms with Crippen LogP contribution in [0.4, 0.5) is 0 Å². The van der Waals surface area contributed by atoms with Gasteiger partial charge < -0.3 is 8.85 Å². The molecule has 17 heavy (non-hydrogen) atoms. The average Bonchev–Trinajstić information content (AvgIpc) is 2.98. The van der Waals surface area contributed by atoms with Crippen molar-refractivity contribution in [3.63, 3.8) is 0 Å². The van der Waals surface area contributed by atoms with E-state index >= 15 is 0 Å². The van der Waals surface area contributed by atoms with Crippen molar-refractivity contribution in [1.29, 1.82) is 0 Å². The average molecular weight is 256 g/mol. The Hall–Kier alpha value is 0.137. The Bertz CT molecular complexity index is 253. The fourth-order valence-corrected chi connectivity index (χ4v) is 8.50. The van der Waals surface area contributed by atoms with Crippen molar-refractivity contribution >= 4 is 8.56 Å². The first-order valence-corrected chi connectivity index (χ1v) is 9.35. The van der Waals surface area contributed by atoms with Gasteiger partial charge in [-0.25, -0.2) is 0 Å². The highest BCUT2D eigenvalue weighted by molar-refractivity contribution is 6.69. The zero-order valence-corrected chi connectivity index (χ0v) is 12.9. The minimum atomic E-state index is -1.95. The van der Waals surface area contributed by atoms with Crippen LogP contribution in [0.3, 0.4) is 0 Å². The number of hydrogen-bond acceptors (Lipinski definition) is 2. The van der Waals surface area contributed by atoms with Gasteiger partial charge in [0.25, 0.3) is 0 Å². The lowest BCUT2D eigenvalue weighted by molar-refractivity contribution is 0.206. The Balaban J connectivity index is 2.10. The monoisotopic (exact) mass is 256 g/mol. The molecule has 4 unspecified atom stereocenters. The molecule has 0 aromatic rings. The van der Waals surface area contributed by atoms with Gasteiger partial charge in [-0.15, -0.1) is 0 Å². The van der Waals surface area contributed by atoms with Crippen molar-refractivity contribution in [3.05, 3.63) is 0 Å². The molecule has 0 aromatic carbocycles. The van der Waals surface area contributed by atoms with Gasteiger partial charge in [0.15, 0.2) is 0 Å². The molecule has 2 aliphatic carbocycles.